The van der Waals surface area contributed by atoms with Gasteiger partial charge in [-0.05, 0) is 140 Å². The molecule has 2 aliphatic heterocycles. The quantitative estimate of drug-likeness (QED) is 0.0307. The Hall–Kier alpha value is -6.80. The number of aliphatic carboxylic acids is 1. The average Bonchev–Trinajstić information content (AvgIpc) is 3.98. The van der Waals surface area contributed by atoms with Crippen molar-refractivity contribution < 1.29 is 56.5 Å². The first-order chi connectivity index (χ1) is 36.5. The van der Waals surface area contributed by atoms with Crippen molar-refractivity contribution >= 4 is 69.6 Å². The van der Waals surface area contributed by atoms with Crippen LogP contribution in [0.25, 0.3) is 0 Å². The van der Waals surface area contributed by atoms with E-state index < -0.39 is 107 Å². The summed E-state index contributed by atoms with van der Waals surface area (Å²) in [5.74, 6) is -7.24. The van der Waals surface area contributed by atoms with E-state index in [1.807, 2.05) is 93.9 Å². The zero-order chi connectivity index (χ0) is 56.2. The van der Waals surface area contributed by atoms with Crippen molar-refractivity contribution in [3.05, 3.63) is 138 Å². The highest BCUT2D eigenvalue weighted by Crippen LogP contribution is 2.37. The Balaban J connectivity index is 0.000000327. The zero-order valence-electron chi connectivity index (χ0n) is 44.0. The molecule has 2 aliphatic rings. The van der Waals surface area contributed by atoms with E-state index in [1.54, 1.807) is 22.7 Å². The van der Waals surface area contributed by atoms with E-state index in [1.165, 1.54) is 10.4 Å². The molecule has 0 saturated carbocycles. The molecule has 78 heavy (non-hydrogen) atoms. The summed E-state index contributed by atoms with van der Waals surface area (Å²) >= 11 is 3.22. The molecule has 422 valence electrons. The number of nitrogens with one attached hydrogen (secondary N) is 6. The third kappa shape index (κ3) is 16.1. The normalized spacial score (nSPS) is 17.6. The van der Waals surface area contributed by atoms with Gasteiger partial charge in [-0.25, -0.2) is 27.2 Å². The molecule has 0 radical (unpaired) electrons. The van der Waals surface area contributed by atoms with Crippen LogP contribution in [0, 0.1) is 37.3 Å². The van der Waals surface area contributed by atoms with Crippen molar-refractivity contribution in [2.24, 2.45) is 11.8 Å². The largest absolute Gasteiger partial charge is 0.480 e. The first kappa shape index (κ1) is 62.0. The van der Waals surface area contributed by atoms with Gasteiger partial charge in [0, 0.05) is 52.5 Å². The van der Waals surface area contributed by atoms with E-state index in [9.17, 15) is 51.4 Å². The number of para-hydroxylation sites is 2. The fraction of sp³-hybridized carbons (Fsp3) is 0.448. The van der Waals surface area contributed by atoms with Crippen molar-refractivity contribution in [3.63, 3.8) is 0 Å². The van der Waals surface area contributed by atoms with E-state index in [2.05, 4.69) is 51.0 Å². The molecule has 2 aromatic heterocycles. The summed E-state index contributed by atoms with van der Waals surface area (Å²) in [7, 11) is 0. The minimum absolute atomic E-state index is 0. The molecule has 4 heterocycles. The summed E-state index contributed by atoms with van der Waals surface area (Å²) in [4.78, 5) is 79.2. The zero-order valence-corrected chi connectivity index (χ0v) is 45.6. The Bertz CT molecular complexity index is 2890. The van der Waals surface area contributed by atoms with Crippen LogP contribution in [0.3, 0.4) is 0 Å². The van der Waals surface area contributed by atoms with Crippen LogP contribution in [0.2, 0.25) is 0 Å². The summed E-state index contributed by atoms with van der Waals surface area (Å²) in [6.45, 7) is 11.2. The lowest BCUT2D eigenvalue weighted by Crippen LogP contribution is -2.61. The van der Waals surface area contributed by atoms with E-state index in [0.29, 0.717) is 50.7 Å². The molecular formula is C58H72F4N6O8S2. The molecule has 8 N–H and O–H groups in total. The number of hydrogen-bond donors (Lipinski definition) is 8. The van der Waals surface area contributed by atoms with Gasteiger partial charge in [0.05, 0.1) is 5.56 Å². The Kier molecular flexibility index (Phi) is 22.0. The second-order valence-corrected chi connectivity index (χ2v) is 22.9. The highest BCUT2D eigenvalue weighted by atomic mass is 32.1. The maximum absolute atomic E-state index is 14.3. The minimum atomic E-state index is -2.99. The van der Waals surface area contributed by atoms with Gasteiger partial charge in [0.2, 0.25) is 30.1 Å². The van der Waals surface area contributed by atoms with Gasteiger partial charge in [-0.15, -0.1) is 22.7 Å². The number of hydrogen-bond acceptors (Lipinski definition) is 10. The fourth-order valence-corrected chi connectivity index (χ4v) is 11.2. The lowest BCUT2D eigenvalue weighted by Gasteiger charge is -2.40. The predicted molar refractivity (Wildman–Crippen MR) is 297 cm³/mol. The van der Waals surface area contributed by atoms with Gasteiger partial charge in [0.15, 0.2) is 0 Å². The predicted octanol–water partition coefficient (Wildman–Crippen LogP) is 10.1. The number of halogens is 4. The SMILES string of the molecule is C.Cc1sccc1CC1(C(=O)N[C@@H](CC(C)C)C(=O)N[C@@H](CC(F)F)C(=O)NCCc2c(F)cc(C(=O)O)cc2F)CCc2ccccc2N1.Cc1sccc1CC1(C(=O)N[C@@H](CC(C)C)C(=O)O)CCc2ccccc2N1. The van der Waals surface area contributed by atoms with Crippen molar-refractivity contribution in [2.75, 3.05) is 17.2 Å². The fourth-order valence-electron chi connectivity index (χ4n) is 9.73. The van der Waals surface area contributed by atoms with Gasteiger partial charge < -0.3 is 42.1 Å². The van der Waals surface area contributed by atoms with Crippen molar-refractivity contribution in [2.45, 2.75) is 149 Å². The number of fused-ring (bicyclic) bond motifs is 2. The van der Waals surface area contributed by atoms with E-state index in [-0.39, 0.29) is 31.6 Å². The number of carbonyl (C=O) groups excluding carboxylic acids is 4. The van der Waals surface area contributed by atoms with Crippen molar-refractivity contribution in [1.82, 2.24) is 21.3 Å². The van der Waals surface area contributed by atoms with E-state index >= 15 is 0 Å². The molecule has 0 aliphatic carbocycles. The third-order valence-electron chi connectivity index (χ3n) is 14.0. The van der Waals surface area contributed by atoms with Crippen LogP contribution in [0.15, 0.2) is 83.6 Å². The number of anilines is 2. The van der Waals surface area contributed by atoms with Crippen LogP contribution in [-0.4, -0.2) is 88.0 Å². The molecule has 2 unspecified atom stereocenters. The number of benzene rings is 3. The summed E-state index contributed by atoms with van der Waals surface area (Å²) < 4.78 is 55.9. The monoisotopic (exact) mass is 1120 g/mol. The molecular weight excluding hydrogens is 1050 g/mol. The van der Waals surface area contributed by atoms with Crippen LogP contribution in [-0.2, 0) is 56.1 Å². The Morgan fingerprint density at radius 3 is 1.51 bits per heavy atom. The van der Waals surface area contributed by atoms with Crippen LogP contribution in [0.5, 0.6) is 0 Å². The number of thiophene rings is 2. The number of aryl methyl sites for hydroxylation is 4. The van der Waals surface area contributed by atoms with Gasteiger partial charge in [-0.2, -0.15) is 0 Å². The van der Waals surface area contributed by atoms with Gasteiger partial charge in [0.25, 0.3) is 0 Å². The second kappa shape index (κ2) is 27.7. The van der Waals surface area contributed by atoms with Gasteiger partial charge in [-0.3, -0.25) is 19.2 Å². The molecule has 5 aromatic rings. The molecule has 0 spiro atoms. The van der Waals surface area contributed by atoms with Crippen molar-refractivity contribution in [3.8, 4) is 0 Å². The number of rotatable bonds is 22. The number of amides is 4. The van der Waals surface area contributed by atoms with E-state index in [4.69, 9.17) is 5.11 Å². The van der Waals surface area contributed by atoms with E-state index in [0.717, 1.165) is 39.4 Å². The topological polar surface area (TPSA) is 215 Å². The maximum Gasteiger partial charge on any atom is 0.335 e. The number of aromatic carboxylic acids is 1. The molecule has 5 atom stereocenters. The average molecular weight is 1120 g/mol. The van der Waals surface area contributed by atoms with Crippen LogP contribution >= 0.6 is 22.7 Å². The smallest absolute Gasteiger partial charge is 0.335 e. The molecule has 4 amide bonds. The summed E-state index contributed by atoms with van der Waals surface area (Å²) in [5, 5.41) is 39.8. The number of carbonyl (C=O) groups is 6. The lowest BCUT2D eigenvalue weighted by atomic mass is 9.80. The molecule has 7 rings (SSSR count). The Morgan fingerprint density at radius 1 is 0.641 bits per heavy atom. The number of carboxylic acids is 2. The highest BCUT2D eigenvalue weighted by Gasteiger charge is 2.45. The third-order valence-corrected chi connectivity index (χ3v) is 15.7. The van der Waals surface area contributed by atoms with Crippen LogP contribution < -0.4 is 31.9 Å². The Labute approximate surface area is 461 Å². The molecule has 0 bridgehead atoms. The van der Waals surface area contributed by atoms with Gasteiger partial charge >= 0.3 is 11.9 Å². The first-order valence-electron chi connectivity index (χ1n) is 25.7. The summed E-state index contributed by atoms with van der Waals surface area (Å²) in [5.41, 5.74) is 3.02. The first-order valence-corrected chi connectivity index (χ1v) is 27.5. The second-order valence-electron chi connectivity index (χ2n) is 20.7. The maximum atomic E-state index is 14.3. The minimum Gasteiger partial charge on any atom is -0.480 e. The lowest BCUT2D eigenvalue weighted by molar-refractivity contribution is -0.143. The highest BCUT2D eigenvalue weighted by molar-refractivity contribution is 7.10. The molecule has 20 heteroatoms. The van der Waals surface area contributed by atoms with Crippen molar-refractivity contribution in [1.29, 1.82) is 0 Å². The molecule has 0 fully saturated rings. The molecule has 0 saturated heterocycles. The summed E-state index contributed by atoms with van der Waals surface area (Å²) in [6.07, 6.45) is -0.571. The standard InChI is InChI=1S/C35H40F4N4O5S.C22H28N2O3S.CH4/c1-19(2)14-28(42-34(48)35(18-22-10-13-49-20(22)3)11-8-21-6-4-5-7-27(21)43-35)32(45)41-29(17-30(38)39)31(44)40-12-9-24-25(36)15-23(33(46)47)16-26(24)37;1-14(2)12-19(20(25)26)23-21(27)22(13-17-9-11-28-15(17)3)10-8-16-6-4-5-7-18(16)24-22;/h4-7,10,13,15-16,19,28-30,43H,8-9,11-12,14,17-18H2,1-3H3,(H,40,44)(H,41,45)(H,42,48)(H,46,47);4-7,9,11,14,19,24H,8,10,12-13H2,1-3H3,(H,23,27)(H,25,26);1H4/t28-,29-,35?;19-,22?;/m00./s1. The molecule has 14 nitrogen and oxygen atoms in total. The Morgan fingerprint density at radius 2 is 1.09 bits per heavy atom. The van der Waals surface area contributed by atoms with Gasteiger partial charge in [0.1, 0.15) is 40.8 Å². The summed E-state index contributed by atoms with van der Waals surface area (Å²) in [6, 6.07) is 17.2. The molecule has 3 aromatic carbocycles. The number of carboxylic acid groups (broad SMARTS) is 2. The van der Waals surface area contributed by atoms with Crippen LogP contribution in [0.1, 0.15) is 115 Å². The van der Waals surface area contributed by atoms with Crippen LogP contribution in [0.4, 0.5) is 28.9 Å². The van der Waals surface area contributed by atoms with Gasteiger partial charge in [-0.1, -0.05) is 71.5 Å². The number of alkyl halides is 2.